The van der Waals surface area contributed by atoms with Crippen molar-refractivity contribution in [1.82, 2.24) is 19.8 Å². The van der Waals surface area contributed by atoms with E-state index in [0.717, 1.165) is 44.0 Å². The smallest absolute Gasteiger partial charge is 0.226 e. The summed E-state index contributed by atoms with van der Waals surface area (Å²) in [7, 11) is 0. The van der Waals surface area contributed by atoms with Crippen LogP contribution in [0.2, 0.25) is 0 Å². The van der Waals surface area contributed by atoms with E-state index in [-0.39, 0.29) is 23.8 Å². The van der Waals surface area contributed by atoms with Crippen LogP contribution >= 0.6 is 0 Å². The highest BCUT2D eigenvalue weighted by atomic mass is 16.2. The number of hydrogen-bond donors (Lipinski definition) is 1. The van der Waals surface area contributed by atoms with Gasteiger partial charge in [0.1, 0.15) is 5.82 Å². The first-order valence-corrected chi connectivity index (χ1v) is 9.25. The lowest BCUT2D eigenvalue weighted by Crippen LogP contribution is -2.45. The maximum Gasteiger partial charge on any atom is 0.226 e. The summed E-state index contributed by atoms with van der Waals surface area (Å²) in [6, 6.07) is -0.00451. The zero-order chi connectivity index (χ0) is 16.7. The highest BCUT2D eigenvalue weighted by Crippen LogP contribution is 2.33. The van der Waals surface area contributed by atoms with Crippen LogP contribution < -0.4 is 5.32 Å². The summed E-state index contributed by atoms with van der Waals surface area (Å²) in [5.41, 5.74) is 0.808. The lowest BCUT2D eigenvalue weighted by atomic mass is 9.84. The maximum absolute atomic E-state index is 12.6. The zero-order valence-electron chi connectivity index (χ0n) is 14.3. The van der Waals surface area contributed by atoms with Crippen LogP contribution in [0.25, 0.3) is 0 Å². The van der Waals surface area contributed by atoms with E-state index in [1.165, 1.54) is 19.3 Å². The topological polar surface area (TPSA) is 67.2 Å². The van der Waals surface area contributed by atoms with E-state index >= 15 is 0 Å². The van der Waals surface area contributed by atoms with E-state index in [0.29, 0.717) is 12.3 Å². The number of carbonyl (C=O) groups excluding carboxylic acids is 2. The van der Waals surface area contributed by atoms with Gasteiger partial charge in [-0.05, 0) is 38.5 Å². The second-order valence-electron chi connectivity index (χ2n) is 7.54. The van der Waals surface area contributed by atoms with Crippen molar-refractivity contribution in [3.63, 3.8) is 0 Å². The third kappa shape index (κ3) is 3.06. The molecular formula is C18H26N4O2. The summed E-state index contributed by atoms with van der Waals surface area (Å²) in [6.45, 7) is 4.36. The second-order valence-corrected chi connectivity index (χ2v) is 7.54. The van der Waals surface area contributed by atoms with Gasteiger partial charge in [0.15, 0.2) is 0 Å². The highest BCUT2D eigenvalue weighted by Gasteiger charge is 2.35. The Labute approximate surface area is 142 Å². The van der Waals surface area contributed by atoms with Crippen LogP contribution in [0.4, 0.5) is 0 Å². The molecule has 0 spiro atoms. The average Bonchev–Trinajstić information content (AvgIpc) is 3.23. The molecular weight excluding hydrogens is 304 g/mol. The minimum Gasteiger partial charge on any atom is -0.355 e. The average molecular weight is 330 g/mol. The molecule has 2 aliphatic carbocycles. The van der Waals surface area contributed by atoms with Crippen LogP contribution in [0.5, 0.6) is 0 Å². The van der Waals surface area contributed by atoms with Crippen LogP contribution in [-0.4, -0.2) is 39.4 Å². The third-order valence-electron chi connectivity index (χ3n) is 5.64. The van der Waals surface area contributed by atoms with Gasteiger partial charge in [-0.15, -0.1) is 0 Å². The molecule has 0 aromatic carbocycles. The molecule has 3 aliphatic rings. The monoisotopic (exact) mass is 330 g/mol. The lowest BCUT2D eigenvalue weighted by molar-refractivity contribution is -0.141. The Morgan fingerprint density at radius 3 is 2.71 bits per heavy atom. The van der Waals surface area contributed by atoms with E-state index in [1.807, 2.05) is 18.0 Å². The molecule has 24 heavy (non-hydrogen) atoms. The summed E-state index contributed by atoms with van der Waals surface area (Å²) in [6.07, 6.45) is 8.02. The molecule has 1 aliphatic heterocycles. The van der Waals surface area contributed by atoms with Crippen LogP contribution in [0.1, 0.15) is 56.6 Å². The van der Waals surface area contributed by atoms with E-state index in [2.05, 4.69) is 14.9 Å². The van der Waals surface area contributed by atoms with Gasteiger partial charge in [-0.2, -0.15) is 0 Å². The van der Waals surface area contributed by atoms with Crippen molar-refractivity contribution in [2.45, 2.75) is 58.0 Å². The van der Waals surface area contributed by atoms with Crippen molar-refractivity contribution in [3.8, 4) is 0 Å². The van der Waals surface area contributed by atoms with E-state index < -0.39 is 0 Å². The van der Waals surface area contributed by atoms with Gasteiger partial charge in [0.05, 0.1) is 18.2 Å². The highest BCUT2D eigenvalue weighted by molar-refractivity contribution is 5.80. The molecule has 2 amide bonds. The number of aromatic nitrogens is 2. The first-order chi connectivity index (χ1) is 11.6. The Balaban J connectivity index is 1.40. The van der Waals surface area contributed by atoms with Crippen molar-refractivity contribution in [3.05, 3.63) is 17.7 Å². The largest absolute Gasteiger partial charge is 0.355 e. The molecule has 6 heteroatoms. The zero-order valence-corrected chi connectivity index (χ0v) is 14.3. The minimum absolute atomic E-state index is 0.00451. The predicted molar refractivity (Wildman–Crippen MR) is 89.1 cm³/mol. The molecule has 1 unspecified atom stereocenters. The molecule has 0 saturated heterocycles. The summed E-state index contributed by atoms with van der Waals surface area (Å²) in [5, 5.41) is 2.99. The SMILES string of the molecule is CC1c2nc(CC(=O)NCC3CC3)cn2CCN1C(=O)C1CCC1. The number of fused-ring (bicyclic) bond motifs is 1. The number of hydrogen-bond acceptors (Lipinski definition) is 3. The van der Waals surface area contributed by atoms with Gasteiger partial charge in [-0.3, -0.25) is 9.59 Å². The molecule has 2 saturated carbocycles. The van der Waals surface area contributed by atoms with Gasteiger partial charge in [0, 0.05) is 31.7 Å². The van der Waals surface area contributed by atoms with Crippen LogP contribution in [0, 0.1) is 11.8 Å². The molecule has 6 nitrogen and oxygen atoms in total. The third-order valence-corrected chi connectivity index (χ3v) is 5.64. The van der Waals surface area contributed by atoms with Gasteiger partial charge >= 0.3 is 0 Å². The standard InChI is InChI=1S/C18H26N4O2/c1-12-17-20-15(9-16(23)19-10-13-5-6-13)11-21(17)7-8-22(12)18(24)14-3-2-4-14/h11-14H,2-10H2,1H3,(H,19,23). The summed E-state index contributed by atoms with van der Waals surface area (Å²) < 4.78 is 2.11. The molecule has 0 bridgehead atoms. The van der Waals surface area contributed by atoms with Crippen molar-refractivity contribution in [2.75, 3.05) is 13.1 Å². The Kier molecular flexibility index (Phi) is 4.06. The number of rotatable bonds is 5. The summed E-state index contributed by atoms with van der Waals surface area (Å²) >= 11 is 0. The lowest BCUT2D eigenvalue weighted by Gasteiger charge is -2.38. The van der Waals surface area contributed by atoms with Gasteiger partial charge in [0.2, 0.25) is 11.8 Å². The first-order valence-electron chi connectivity index (χ1n) is 9.25. The molecule has 1 aromatic rings. The summed E-state index contributed by atoms with van der Waals surface area (Å²) in [5.74, 6) is 2.16. The van der Waals surface area contributed by atoms with Gasteiger partial charge in [-0.1, -0.05) is 6.42 Å². The Hall–Kier alpha value is -1.85. The van der Waals surface area contributed by atoms with E-state index in [4.69, 9.17) is 0 Å². The van der Waals surface area contributed by atoms with Crippen molar-refractivity contribution >= 4 is 11.8 Å². The Morgan fingerprint density at radius 2 is 2.04 bits per heavy atom. The normalized spacial score (nSPS) is 23.5. The molecule has 2 heterocycles. The van der Waals surface area contributed by atoms with Gasteiger partial charge < -0.3 is 14.8 Å². The van der Waals surface area contributed by atoms with Crippen molar-refractivity contribution in [1.29, 1.82) is 0 Å². The molecule has 0 radical (unpaired) electrons. The number of imidazole rings is 1. The first kappa shape index (κ1) is 15.7. The molecule has 2 fully saturated rings. The van der Waals surface area contributed by atoms with Gasteiger partial charge in [-0.25, -0.2) is 4.98 Å². The molecule has 4 rings (SSSR count). The number of nitrogens with one attached hydrogen (secondary N) is 1. The quantitative estimate of drug-likeness (QED) is 0.893. The molecule has 1 N–H and O–H groups in total. The molecule has 1 aromatic heterocycles. The van der Waals surface area contributed by atoms with Crippen LogP contribution in [-0.2, 0) is 22.6 Å². The van der Waals surface area contributed by atoms with E-state index in [1.54, 1.807) is 0 Å². The van der Waals surface area contributed by atoms with E-state index in [9.17, 15) is 9.59 Å². The predicted octanol–water partition coefficient (Wildman–Crippen LogP) is 1.66. The number of carbonyl (C=O) groups is 2. The van der Waals surface area contributed by atoms with Crippen molar-refractivity contribution in [2.24, 2.45) is 11.8 Å². The maximum atomic E-state index is 12.6. The fourth-order valence-electron chi connectivity index (χ4n) is 3.63. The second kappa shape index (κ2) is 6.22. The minimum atomic E-state index is -0.00451. The molecule has 130 valence electrons. The fraction of sp³-hybridized carbons (Fsp3) is 0.722. The van der Waals surface area contributed by atoms with Crippen LogP contribution in [0.3, 0.4) is 0 Å². The summed E-state index contributed by atoms with van der Waals surface area (Å²) in [4.78, 5) is 31.2. The van der Waals surface area contributed by atoms with Gasteiger partial charge in [0.25, 0.3) is 0 Å². The fourth-order valence-corrected chi connectivity index (χ4v) is 3.63. The Bertz CT molecular complexity index is 645. The number of nitrogens with zero attached hydrogens (tertiary/aromatic N) is 3. The number of amides is 2. The van der Waals surface area contributed by atoms with Crippen molar-refractivity contribution < 1.29 is 9.59 Å². The van der Waals surface area contributed by atoms with Crippen LogP contribution in [0.15, 0.2) is 6.20 Å². The molecule has 1 atom stereocenters. The Morgan fingerprint density at radius 1 is 1.25 bits per heavy atom.